The Labute approximate surface area is 158 Å². The molecule has 0 fully saturated rings. The monoisotopic (exact) mass is 360 g/mol. The molecule has 2 atom stereocenters. The Hall–Kier alpha value is -2.88. The predicted octanol–water partition coefficient (Wildman–Crippen LogP) is 3.87. The van der Waals surface area contributed by atoms with Crippen molar-refractivity contribution < 1.29 is 4.79 Å². The van der Waals surface area contributed by atoms with Crippen LogP contribution in [0.15, 0.2) is 59.5 Å². The van der Waals surface area contributed by atoms with Crippen molar-refractivity contribution in [3.63, 3.8) is 0 Å². The smallest absolute Gasteiger partial charge is 0.256 e. The van der Waals surface area contributed by atoms with E-state index in [4.69, 9.17) is 0 Å². The molecule has 1 N–H and O–H groups in total. The lowest BCUT2D eigenvalue weighted by atomic mass is 10.1. The van der Waals surface area contributed by atoms with Gasteiger partial charge >= 0.3 is 0 Å². The van der Waals surface area contributed by atoms with Crippen LogP contribution >= 0.6 is 0 Å². The Balaban J connectivity index is 1.55. The SMILES string of the molecule is C[C@H](CCc1ccccc1)NC(=O)c1cn2c3c(cccc3c1=O)C[C@@H]2C. The number of aryl methyl sites for hydroxylation is 1. The van der Waals surface area contributed by atoms with Crippen LogP contribution in [0.3, 0.4) is 0 Å². The minimum atomic E-state index is -0.282. The third kappa shape index (κ3) is 3.27. The van der Waals surface area contributed by atoms with E-state index in [1.807, 2.05) is 37.3 Å². The van der Waals surface area contributed by atoms with Gasteiger partial charge in [0.2, 0.25) is 5.43 Å². The second-order valence-electron chi connectivity index (χ2n) is 7.54. The van der Waals surface area contributed by atoms with Gasteiger partial charge < -0.3 is 9.88 Å². The summed E-state index contributed by atoms with van der Waals surface area (Å²) in [7, 11) is 0. The molecule has 0 spiro atoms. The summed E-state index contributed by atoms with van der Waals surface area (Å²) in [5, 5.41) is 3.64. The topological polar surface area (TPSA) is 51.1 Å². The molecule has 1 aliphatic rings. The number of carbonyl (C=O) groups excluding carboxylic acids is 1. The molecule has 0 saturated carbocycles. The minimum Gasteiger partial charge on any atom is -0.349 e. The van der Waals surface area contributed by atoms with Gasteiger partial charge in [-0.15, -0.1) is 0 Å². The van der Waals surface area contributed by atoms with Crippen LogP contribution in [-0.4, -0.2) is 16.5 Å². The van der Waals surface area contributed by atoms with Crippen molar-refractivity contribution in [2.24, 2.45) is 0 Å². The molecule has 3 aromatic rings. The summed E-state index contributed by atoms with van der Waals surface area (Å²) in [6.07, 6.45) is 4.36. The van der Waals surface area contributed by atoms with Crippen LogP contribution in [0.1, 0.15) is 47.8 Å². The molecule has 0 unspecified atom stereocenters. The highest BCUT2D eigenvalue weighted by atomic mass is 16.2. The molecule has 0 radical (unpaired) electrons. The lowest BCUT2D eigenvalue weighted by Gasteiger charge is -2.16. The maximum atomic E-state index is 12.9. The highest BCUT2D eigenvalue weighted by molar-refractivity contribution is 5.98. The average Bonchev–Trinajstić information content (AvgIpc) is 2.99. The molecule has 4 nitrogen and oxygen atoms in total. The normalized spacial score (nSPS) is 16.4. The first-order valence-corrected chi connectivity index (χ1v) is 9.56. The lowest BCUT2D eigenvalue weighted by molar-refractivity contribution is 0.0936. The second-order valence-corrected chi connectivity index (χ2v) is 7.54. The average molecular weight is 360 g/mol. The Morgan fingerprint density at radius 3 is 2.74 bits per heavy atom. The zero-order valence-corrected chi connectivity index (χ0v) is 15.7. The molecular weight excluding hydrogens is 336 g/mol. The molecule has 2 aromatic carbocycles. The van der Waals surface area contributed by atoms with E-state index in [1.54, 1.807) is 6.20 Å². The number of hydrogen-bond acceptors (Lipinski definition) is 2. The molecule has 1 aliphatic heterocycles. The molecule has 0 saturated heterocycles. The van der Waals surface area contributed by atoms with E-state index in [9.17, 15) is 9.59 Å². The standard InChI is InChI=1S/C23H24N2O2/c1-15(11-12-17-7-4-3-5-8-17)24-23(27)20-14-25-16(2)13-18-9-6-10-19(21(18)25)22(20)26/h3-10,14-16H,11-13H2,1-2H3,(H,24,27)/t15-,16+/m1/s1. The van der Waals surface area contributed by atoms with Gasteiger partial charge in [-0.3, -0.25) is 9.59 Å². The summed E-state index contributed by atoms with van der Waals surface area (Å²) in [5.41, 5.74) is 3.47. The van der Waals surface area contributed by atoms with Crippen molar-refractivity contribution in [1.82, 2.24) is 9.88 Å². The number of amides is 1. The van der Waals surface area contributed by atoms with Gasteiger partial charge in [-0.1, -0.05) is 42.5 Å². The van der Waals surface area contributed by atoms with E-state index >= 15 is 0 Å². The third-order valence-electron chi connectivity index (χ3n) is 5.46. The lowest BCUT2D eigenvalue weighted by Crippen LogP contribution is -2.36. The van der Waals surface area contributed by atoms with Crippen molar-refractivity contribution in [3.8, 4) is 0 Å². The first-order valence-electron chi connectivity index (χ1n) is 9.56. The zero-order valence-electron chi connectivity index (χ0n) is 15.7. The van der Waals surface area contributed by atoms with E-state index in [0.29, 0.717) is 5.39 Å². The number of benzene rings is 2. The minimum absolute atomic E-state index is 0.00450. The van der Waals surface area contributed by atoms with Crippen LogP contribution in [0.2, 0.25) is 0 Å². The van der Waals surface area contributed by atoms with Crippen molar-refractivity contribution >= 4 is 16.8 Å². The second kappa shape index (κ2) is 7.03. The van der Waals surface area contributed by atoms with Crippen molar-refractivity contribution in [2.75, 3.05) is 0 Å². The van der Waals surface area contributed by atoms with E-state index in [1.165, 1.54) is 11.1 Å². The first kappa shape index (κ1) is 17.5. The van der Waals surface area contributed by atoms with Crippen LogP contribution in [0.25, 0.3) is 10.9 Å². The highest BCUT2D eigenvalue weighted by Crippen LogP contribution is 2.30. The van der Waals surface area contributed by atoms with Gasteiger partial charge in [0, 0.05) is 23.7 Å². The maximum absolute atomic E-state index is 12.9. The van der Waals surface area contributed by atoms with Crippen LogP contribution in [0.5, 0.6) is 0 Å². The number of rotatable bonds is 5. The summed E-state index contributed by atoms with van der Waals surface area (Å²) in [5.74, 6) is -0.282. The summed E-state index contributed by atoms with van der Waals surface area (Å²) in [6, 6.07) is 16.3. The number of carbonyl (C=O) groups is 1. The Morgan fingerprint density at radius 1 is 1.19 bits per heavy atom. The summed E-state index contributed by atoms with van der Waals surface area (Å²) in [4.78, 5) is 25.7. The van der Waals surface area contributed by atoms with Crippen molar-refractivity contribution in [3.05, 3.63) is 81.6 Å². The van der Waals surface area contributed by atoms with E-state index in [-0.39, 0.29) is 29.0 Å². The molecule has 0 aliphatic carbocycles. The predicted molar refractivity (Wildman–Crippen MR) is 108 cm³/mol. The van der Waals surface area contributed by atoms with Gasteiger partial charge in [0.05, 0.1) is 5.52 Å². The molecular formula is C23H24N2O2. The van der Waals surface area contributed by atoms with Gasteiger partial charge in [0.25, 0.3) is 5.91 Å². The van der Waals surface area contributed by atoms with Gasteiger partial charge in [0.1, 0.15) is 5.56 Å². The summed E-state index contributed by atoms with van der Waals surface area (Å²) in [6.45, 7) is 4.10. The molecule has 1 amide bonds. The molecule has 1 aromatic heterocycles. The van der Waals surface area contributed by atoms with Crippen molar-refractivity contribution in [1.29, 1.82) is 0 Å². The fourth-order valence-corrected chi connectivity index (χ4v) is 3.98. The first-order chi connectivity index (χ1) is 13.0. The quantitative estimate of drug-likeness (QED) is 0.751. The van der Waals surface area contributed by atoms with Crippen LogP contribution in [0, 0.1) is 0 Å². The van der Waals surface area contributed by atoms with Gasteiger partial charge in [-0.2, -0.15) is 0 Å². The zero-order chi connectivity index (χ0) is 19.0. The van der Waals surface area contributed by atoms with E-state index in [0.717, 1.165) is 24.8 Å². The largest absolute Gasteiger partial charge is 0.349 e. The van der Waals surface area contributed by atoms with Crippen LogP contribution in [-0.2, 0) is 12.8 Å². The fourth-order valence-electron chi connectivity index (χ4n) is 3.98. The van der Waals surface area contributed by atoms with E-state index < -0.39 is 0 Å². The maximum Gasteiger partial charge on any atom is 0.256 e. The Kier molecular flexibility index (Phi) is 4.56. The molecule has 0 bridgehead atoms. The van der Waals surface area contributed by atoms with Crippen LogP contribution in [0.4, 0.5) is 0 Å². The Bertz CT molecular complexity index is 1050. The number of pyridine rings is 1. The number of nitrogens with zero attached hydrogens (tertiary/aromatic N) is 1. The van der Waals surface area contributed by atoms with Crippen molar-refractivity contribution in [2.45, 2.75) is 45.2 Å². The fraction of sp³-hybridized carbons (Fsp3) is 0.304. The molecule has 138 valence electrons. The van der Waals surface area contributed by atoms with E-state index in [2.05, 4.69) is 35.0 Å². The molecule has 4 rings (SSSR count). The highest BCUT2D eigenvalue weighted by Gasteiger charge is 2.24. The van der Waals surface area contributed by atoms with Crippen LogP contribution < -0.4 is 10.7 Å². The number of para-hydroxylation sites is 1. The third-order valence-corrected chi connectivity index (χ3v) is 5.46. The molecule has 27 heavy (non-hydrogen) atoms. The molecule has 4 heteroatoms. The summed E-state index contributed by atoms with van der Waals surface area (Å²) >= 11 is 0. The molecule has 2 heterocycles. The summed E-state index contributed by atoms with van der Waals surface area (Å²) < 4.78 is 2.08. The number of nitrogens with one attached hydrogen (secondary N) is 1. The van der Waals surface area contributed by atoms with Gasteiger partial charge in [-0.25, -0.2) is 0 Å². The number of aromatic nitrogens is 1. The number of hydrogen-bond donors (Lipinski definition) is 1. The Morgan fingerprint density at radius 2 is 1.96 bits per heavy atom. The van der Waals surface area contributed by atoms with Gasteiger partial charge in [0.15, 0.2) is 0 Å². The van der Waals surface area contributed by atoms with Gasteiger partial charge in [-0.05, 0) is 50.3 Å².